The van der Waals surface area contributed by atoms with Crippen LogP contribution in [-0.4, -0.2) is 38.1 Å². The van der Waals surface area contributed by atoms with Gasteiger partial charge in [0, 0.05) is 6.07 Å². The standard InChI is InChI=1S/C8H7BF3N3O3/c1-4-3-15-7(13-4)5(18-8(10,11)12)2-6(14-15)9(16)17/h2-3,16-17H,1H3. The fourth-order valence-corrected chi connectivity index (χ4v) is 1.41. The van der Waals surface area contributed by atoms with E-state index in [1.165, 1.54) is 6.20 Å². The fraction of sp³-hybridized carbons (Fsp3) is 0.250. The Bertz CT molecular complexity index is 584. The molecule has 0 aliphatic heterocycles. The Kier molecular flexibility index (Phi) is 2.91. The lowest BCUT2D eigenvalue weighted by Gasteiger charge is -2.10. The van der Waals surface area contributed by atoms with Crippen LogP contribution in [0.15, 0.2) is 12.3 Å². The number of alkyl halides is 3. The molecule has 0 unspecified atom stereocenters. The summed E-state index contributed by atoms with van der Waals surface area (Å²) in [6.07, 6.45) is -3.57. The summed E-state index contributed by atoms with van der Waals surface area (Å²) in [5.74, 6) is -0.645. The maximum Gasteiger partial charge on any atom is 0.573 e. The van der Waals surface area contributed by atoms with Crippen LogP contribution >= 0.6 is 0 Å². The number of fused-ring (bicyclic) bond motifs is 1. The number of aryl methyl sites for hydroxylation is 1. The minimum absolute atomic E-state index is 0.158. The van der Waals surface area contributed by atoms with Gasteiger partial charge in [0.2, 0.25) is 0 Å². The van der Waals surface area contributed by atoms with Crippen LogP contribution in [0.5, 0.6) is 5.75 Å². The molecule has 2 aromatic heterocycles. The van der Waals surface area contributed by atoms with Crippen molar-refractivity contribution in [3.05, 3.63) is 18.0 Å². The van der Waals surface area contributed by atoms with Crippen molar-refractivity contribution in [3.63, 3.8) is 0 Å². The smallest absolute Gasteiger partial charge is 0.422 e. The Morgan fingerprint density at radius 3 is 2.61 bits per heavy atom. The molecule has 2 aromatic rings. The van der Waals surface area contributed by atoms with Gasteiger partial charge in [0.25, 0.3) is 0 Å². The molecule has 0 aliphatic rings. The molecule has 0 spiro atoms. The Balaban J connectivity index is 2.60. The molecule has 0 radical (unpaired) electrons. The highest BCUT2D eigenvalue weighted by atomic mass is 19.4. The first kappa shape index (κ1) is 12.6. The van der Waals surface area contributed by atoms with E-state index < -0.39 is 19.2 Å². The van der Waals surface area contributed by atoms with Crippen molar-refractivity contribution in [2.45, 2.75) is 13.3 Å². The van der Waals surface area contributed by atoms with Crippen LogP contribution in [0.25, 0.3) is 5.65 Å². The van der Waals surface area contributed by atoms with Crippen LogP contribution in [0.2, 0.25) is 0 Å². The number of hydrogen-bond donors (Lipinski definition) is 2. The predicted molar refractivity (Wildman–Crippen MR) is 54.2 cm³/mol. The lowest BCUT2D eigenvalue weighted by molar-refractivity contribution is -0.274. The van der Waals surface area contributed by atoms with Crippen molar-refractivity contribution in [2.75, 3.05) is 0 Å². The van der Waals surface area contributed by atoms with E-state index in [0.29, 0.717) is 5.69 Å². The third kappa shape index (κ3) is 2.54. The van der Waals surface area contributed by atoms with Crippen LogP contribution in [0.4, 0.5) is 13.2 Å². The molecule has 0 aliphatic carbocycles. The van der Waals surface area contributed by atoms with Gasteiger partial charge >= 0.3 is 13.5 Å². The molecule has 6 nitrogen and oxygen atoms in total. The third-order valence-electron chi connectivity index (χ3n) is 2.02. The summed E-state index contributed by atoms with van der Waals surface area (Å²) in [4.78, 5) is 3.81. The van der Waals surface area contributed by atoms with Gasteiger partial charge in [0.1, 0.15) is 0 Å². The summed E-state index contributed by atoms with van der Waals surface area (Å²) in [6.45, 7) is 1.56. The van der Waals surface area contributed by atoms with Gasteiger partial charge in [0.15, 0.2) is 11.4 Å². The second kappa shape index (κ2) is 4.14. The largest absolute Gasteiger partial charge is 0.573 e. The topological polar surface area (TPSA) is 79.9 Å². The van der Waals surface area contributed by atoms with Gasteiger partial charge in [0.05, 0.1) is 17.5 Å². The predicted octanol–water partition coefficient (Wildman–Crippen LogP) is -0.384. The summed E-state index contributed by atoms with van der Waals surface area (Å²) >= 11 is 0. The number of halogens is 3. The van der Waals surface area contributed by atoms with Gasteiger partial charge in [-0.2, -0.15) is 5.10 Å². The van der Waals surface area contributed by atoms with E-state index in [1.807, 2.05) is 0 Å². The molecule has 18 heavy (non-hydrogen) atoms. The minimum Gasteiger partial charge on any atom is -0.422 e. The van der Waals surface area contributed by atoms with Crippen molar-refractivity contribution in [1.29, 1.82) is 0 Å². The molecule has 2 N–H and O–H groups in total. The summed E-state index contributed by atoms with van der Waals surface area (Å²) in [7, 11) is -2.01. The average molecular weight is 261 g/mol. The molecule has 2 rings (SSSR count). The van der Waals surface area contributed by atoms with Crippen LogP contribution in [0, 0.1) is 6.92 Å². The van der Waals surface area contributed by atoms with E-state index >= 15 is 0 Å². The van der Waals surface area contributed by atoms with Crippen LogP contribution in [-0.2, 0) is 0 Å². The second-order valence-electron chi connectivity index (χ2n) is 3.51. The van der Waals surface area contributed by atoms with Crippen molar-refractivity contribution in [1.82, 2.24) is 14.6 Å². The number of aromatic nitrogens is 3. The normalized spacial score (nSPS) is 11.9. The van der Waals surface area contributed by atoms with Gasteiger partial charge in [-0.25, -0.2) is 9.50 Å². The van der Waals surface area contributed by atoms with E-state index in [-0.39, 0.29) is 11.2 Å². The van der Waals surface area contributed by atoms with Crippen molar-refractivity contribution in [2.24, 2.45) is 0 Å². The van der Waals surface area contributed by atoms with E-state index in [9.17, 15) is 13.2 Å². The molecule has 0 fully saturated rings. The molecule has 0 saturated heterocycles. The molecule has 0 saturated carbocycles. The highest BCUT2D eigenvalue weighted by Gasteiger charge is 2.33. The first-order valence-electron chi connectivity index (χ1n) is 4.75. The fourth-order valence-electron chi connectivity index (χ4n) is 1.41. The number of nitrogens with zero attached hydrogens (tertiary/aromatic N) is 3. The van der Waals surface area contributed by atoms with Gasteiger partial charge < -0.3 is 14.8 Å². The summed E-state index contributed by atoms with van der Waals surface area (Å²) in [5.41, 5.74) is -0.118. The quantitative estimate of drug-likeness (QED) is 0.720. The molecular formula is C8H7BF3N3O3. The zero-order valence-electron chi connectivity index (χ0n) is 9.01. The van der Waals surface area contributed by atoms with Crippen molar-refractivity contribution < 1.29 is 28.0 Å². The molecular weight excluding hydrogens is 254 g/mol. The van der Waals surface area contributed by atoms with Crippen LogP contribution < -0.4 is 10.3 Å². The minimum atomic E-state index is -4.90. The summed E-state index contributed by atoms with van der Waals surface area (Å²) in [6, 6.07) is 0.778. The third-order valence-corrected chi connectivity index (χ3v) is 2.02. The van der Waals surface area contributed by atoms with Crippen LogP contribution in [0.3, 0.4) is 0 Å². The summed E-state index contributed by atoms with van der Waals surface area (Å²) < 4.78 is 41.4. The second-order valence-corrected chi connectivity index (χ2v) is 3.51. The zero-order valence-corrected chi connectivity index (χ0v) is 9.01. The summed E-state index contributed by atoms with van der Waals surface area (Å²) in [5, 5.41) is 21.6. The van der Waals surface area contributed by atoms with Gasteiger partial charge in [-0.3, -0.25) is 0 Å². The molecule has 0 aromatic carbocycles. The van der Waals surface area contributed by atoms with Gasteiger partial charge in [-0.1, -0.05) is 0 Å². The van der Waals surface area contributed by atoms with Gasteiger partial charge in [-0.05, 0) is 6.92 Å². The highest BCUT2D eigenvalue weighted by molar-refractivity contribution is 6.57. The Morgan fingerprint density at radius 1 is 1.39 bits per heavy atom. The molecule has 2 heterocycles. The maximum atomic E-state index is 12.2. The molecule has 96 valence electrons. The van der Waals surface area contributed by atoms with E-state index in [0.717, 1.165) is 10.6 Å². The monoisotopic (exact) mass is 261 g/mol. The number of rotatable bonds is 2. The SMILES string of the molecule is Cc1cn2nc(B(O)O)cc(OC(F)(F)F)c2n1. The van der Waals surface area contributed by atoms with E-state index in [2.05, 4.69) is 14.8 Å². The maximum absolute atomic E-state index is 12.2. The lowest BCUT2D eigenvalue weighted by atomic mass is 9.86. The molecule has 0 atom stereocenters. The first-order valence-corrected chi connectivity index (χ1v) is 4.75. The van der Waals surface area contributed by atoms with Gasteiger partial charge in [-0.15, -0.1) is 13.2 Å². The number of ether oxygens (including phenoxy) is 1. The lowest BCUT2D eigenvalue weighted by Crippen LogP contribution is -2.34. The van der Waals surface area contributed by atoms with Crippen molar-refractivity contribution in [3.8, 4) is 5.75 Å². The number of hydrogen-bond acceptors (Lipinski definition) is 5. The Labute approximate surface area is 98.8 Å². The highest BCUT2D eigenvalue weighted by Crippen LogP contribution is 2.25. The molecule has 10 heteroatoms. The zero-order chi connectivity index (χ0) is 13.5. The van der Waals surface area contributed by atoms with Crippen molar-refractivity contribution >= 4 is 18.4 Å². The number of imidazole rings is 1. The van der Waals surface area contributed by atoms with Crippen LogP contribution in [0.1, 0.15) is 5.69 Å². The van der Waals surface area contributed by atoms with E-state index in [1.54, 1.807) is 6.92 Å². The first-order chi connectivity index (χ1) is 8.26. The van der Waals surface area contributed by atoms with E-state index in [4.69, 9.17) is 10.0 Å². The Hall–Kier alpha value is -1.81. The molecule has 0 amide bonds. The Morgan fingerprint density at radius 2 is 2.06 bits per heavy atom. The molecule has 0 bridgehead atoms. The average Bonchev–Trinajstić information content (AvgIpc) is 2.56.